The highest BCUT2D eigenvalue weighted by atomic mass is 19.1. The smallest absolute Gasteiger partial charge is 0.411 e. The Labute approximate surface area is 140 Å². The lowest BCUT2D eigenvalue weighted by atomic mass is 9.78. The second-order valence-corrected chi connectivity index (χ2v) is 5.68. The number of rotatable bonds is 2. The van der Waals surface area contributed by atoms with Crippen LogP contribution in [0.1, 0.15) is 5.56 Å². The molecule has 1 fully saturated rings. The van der Waals surface area contributed by atoms with Crippen LogP contribution in [0.2, 0.25) is 0 Å². The number of non-ortho nitro benzene ring substituents is 1. The minimum atomic E-state index is -1.57. The molecular weight excluding hydrogens is 339 g/mol. The van der Waals surface area contributed by atoms with E-state index >= 15 is 0 Å². The van der Waals surface area contributed by atoms with Gasteiger partial charge in [0, 0.05) is 24.7 Å². The molecule has 1 saturated heterocycles. The van der Waals surface area contributed by atoms with Crippen molar-refractivity contribution in [1.29, 1.82) is 0 Å². The van der Waals surface area contributed by atoms with Gasteiger partial charge in [-0.3, -0.25) is 25.1 Å². The summed E-state index contributed by atoms with van der Waals surface area (Å²) >= 11 is 0. The summed E-state index contributed by atoms with van der Waals surface area (Å²) in [6, 6.07) is 2.91. The fourth-order valence-electron chi connectivity index (χ4n) is 3.05. The number of aliphatic imine (C=N–C) groups is 1. The minimum Gasteiger partial charge on any atom is -0.465 e. The maximum absolute atomic E-state index is 14.5. The van der Waals surface area contributed by atoms with Gasteiger partial charge in [-0.25, -0.2) is 14.2 Å². The van der Waals surface area contributed by atoms with Gasteiger partial charge in [0.2, 0.25) is 11.9 Å². The lowest BCUT2D eigenvalue weighted by Crippen LogP contribution is -2.56. The molecule has 25 heavy (non-hydrogen) atoms. The van der Waals surface area contributed by atoms with Crippen molar-refractivity contribution in [3.8, 4) is 0 Å². The van der Waals surface area contributed by atoms with E-state index in [1.54, 1.807) is 0 Å². The third-order valence-corrected chi connectivity index (χ3v) is 4.28. The Bertz CT molecular complexity index is 813. The van der Waals surface area contributed by atoms with Crippen molar-refractivity contribution < 1.29 is 28.7 Å². The average Bonchev–Trinajstić information content (AvgIpc) is 2.97. The van der Waals surface area contributed by atoms with Crippen LogP contribution in [-0.2, 0) is 15.1 Å². The molecule has 2 aliphatic rings. The van der Waals surface area contributed by atoms with E-state index in [-0.39, 0.29) is 30.4 Å². The first-order chi connectivity index (χ1) is 11.8. The van der Waals surface area contributed by atoms with Gasteiger partial charge in [0.1, 0.15) is 11.4 Å². The zero-order valence-corrected chi connectivity index (χ0v) is 12.9. The summed E-state index contributed by atoms with van der Waals surface area (Å²) in [5, 5.41) is 21.9. The number of amides is 2. The summed E-state index contributed by atoms with van der Waals surface area (Å²) in [6.07, 6.45) is -1.45. The van der Waals surface area contributed by atoms with Crippen LogP contribution >= 0.6 is 0 Å². The van der Waals surface area contributed by atoms with Crippen molar-refractivity contribution in [2.75, 3.05) is 20.3 Å². The lowest BCUT2D eigenvalue weighted by Gasteiger charge is -2.37. The zero-order chi connectivity index (χ0) is 18.4. The van der Waals surface area contributed by atoms with Crippen LogP contribution in [0.4, 0.5) is 14.9 Å². The van der Waals surface area contributed by atoms with E-state index in [4.69, 9.17) is 9.84 Å². The standard InChI is InChI=1S/C14H13FN4O6/c1-18-11(20)9-5-25-6-14(9,17-12(18)16-13(21)22)8-4-7(19(23)24)2-3-10(8)15/h2-4,9H,5-6H2,1H3,(H,16,17)(H,21,22). The Morgan fingerprint density at radius 1 is 1.60 bits per heavy atom. The van der Waals surface area contributed by atoms with Crippen LogP contribution < -0.4 is 5.32 Å². The normalized spacial score (nSPS) is 25.4. The van der Waals surface area contributed by atoms with Gasteiger partial charge in [-0.2, -0.15) is 0 Å². The van der Waals surface area contributed by atoms with Crippen molar-refractivity contribution in [2.24, 2.45) is 10.9 Å². The van der Waals surface area contributed by atoms with Gasteiger partial charge >= 0.3 is 6.09 Å². The van der Waals surface area contributed by atoms with Crippen molar-refractivity contribution in [3.63, 3.8) is 0 Å². The number of guanidine groups is 1. The van der Waals surface area contributed by atoms with Gasteiger partial charge in [0.25, 0.3) is 5.69 Å². The van der Waals surface area contributed by atoms with Gasteiger partial charge < -0.3 is 9.84 Å². The Kier molecular flexibility index (Phi) is 3.87. The number of halogens is 1. The monoisotopic (exact) mass is 352 g/mol. The van der Waals surface area contributed by atoms with Gasteiger partial charge in [-0.1, -0.05) is 0 Å². The number of carbonyl (C=O) groups is 2. The van der Waals surface area contributed by atoms with Crippen molar-refractivity contribution in [1.82, 2.24) is 10.2 Å². The molecular formula is C14H13FN4O6. The topological polar surface area (TPSA) is 134 Å². The van der Waals surface area contributed by atoms with Crippen molar-refractivity contribution >= 4 is 23.6 Å². The van der Waals surface area contributed by atoms with Crippen LogP contribution in [0.5, 0.6) is 0 Å². The van der Waals surface area contributed by atoms with Crippen LogP contribution in [0, 0.1) is 21.8 Å². The molecule has 3 rings (SSSR count). The molecule has 2 amide bonds. The number of hydrogen-bond donors (Lipinski definition) is 2. The third kappa shape index (κ3) is 2.58. The predicted octanol–water partition coefficient (Wildman–Crippen LogP) is 0.671. The number of nitrogens with one attached hydrogen (secondary N) is 1. The summed E-state index contributed by atoms with van der Waals surface area (Å²) in [7, 11) is 1.32. The van der Waals surface area contributed by atoms with E-state index < -0.39 is 34.2 Å². The van der Waals surface area contributed by atoms with Crippen molar-refractivity contribution in [3.05, 3.63) is 39.7 Å². The first kappa shape index (κ1) is 16.8. The van der Waals surface area contributed by atoms with E-state index in [1.807, 2.05) is 5.32 Å². The van der Waals surface area contributed by atoms with E-state index in [2.05, 4.69) is 4.99 Å². The Balaban J connectivity index is 2.21. The summed E-state index contributed by atoms with van der Waals surface area (Å²) in [6.45, 7) is -0.269. The third-order valence-electron chi connectivity index (χ3n) is 4.28. The van der Waals surface area contributed by atoms with E-state index in [1.165, 1.54) is 7.05 Å². The van der Waals surface area contributed by atoms with E-state index in [9.17, 15) is 24.1 Å². The molecule has 0 aromatic heterocycles. The second-order valence-electron chi connectivity index (χ2n) is 5.68. The summed E-state index contributed by atoms with van der Waals surface area (Å²) in [5.74, 6) is -2.54. The quantitative estimate of drug-likeness (QED) is 0.593. The fourth-order valence-corrected chi connectivity index (χ4v) is 3.05. The van der Waals surface area contributed by atoms with E-state index in [0.29, 0.717) is 0 Å². The zero-order valence-electron chi connectivity index (χ0n) is 12.9. The first-order valence-corrected chi connectivity index (χ1v) is 7.16. The SMILES string of the molecule is CN1C(=O)C2COCC2(c2cc([N+](=O)[O-])ccc2F)N=C1NC(=O)O. The Hall–Kier alpha value is -3.08. The molecule has 0 saturated carbocycles. The number of carboxylic acid groups (broad SMARTS) is 1. The Morgan fingerprint density at radius 2 is 2.32 bits per heavy atom. The van der Waals surface area contributed by atoms with Crippen LogP contribution in [0.25, 0.3) is 0 Å². The number of fused-ring (bicyclic) bond motifs is 1. The number of nitrogens with zero attached hydrogens (tertiary/aromatic N) is 3. The molecule has 0 aliphatic carbocycles. The molecule has 2 aliphatic heterocycles. The fraction of sp³-hybridized carbons (Fsp3) is 0.357. The minimum absolute atomic E-state index is 0.0604. The summed E-state index contributed by atoms with van der Waals surface area (Å²) < 4.78 is 19.8. The van der Waals surface area contributed by atoms with E-state index in [0.717, 1.165) is 23.1 Å². The number of nitro groups is 1. The number of hydrogen-bond acceptors (Lipinski definition) is 6. The maximum atomic E-state index is 14.5. The molecule has 11 heteroatoms. The molecule has 2 N–H and O–H groups in total. The first-order valence-electron chi connectivity index (χ1n) is 7.16. The number of benzene rings is 1. The Morgan fingerprint density at radius 3 is 2.96 bits per heavy atom. The van der Waals surface area contributed by atoms with Crippen LogP contribution in [0.3, 0.4) is 0 Å². The molecule has 2 atom stereocenters. The van der Waals surface area contributed by atoms with Crippen molar-refractivity contribution in [2.45, 2.75) is 5.54 Å². The highest BCUT2D eigenvalue weighted by molar-refractivity contribution is 6.05. The molecule has 0 bridgehead atoms. The van der Waals surface area contributed by atoms with Gasteiger partial charge in [0.15, 0.2) is 0 Å². The largest absolute Gasteiger partial charge is 0.465 e. The molecule has 132 valence electrons. The molecule has 2 unspecified atom stereocenters. The molecule has 0 spiro atoms. The average molecular weight is 352 g/mol. The highest BCUT2D eigenvalue weighted by Gasteiger charge is 2.55. The molecule has 1 aromatic rings. The molecule has 1 aromatic carbocycles. The van der Waals surface area contributed by atoms with Gasteiger partial charge in [-0.05, 0) is 6.07 Å². The summed E-state index contributed by atoms with van der Waals surface area (Å²) in [4.78, 5) is 39.1. The number of carbonyl (C=O) groups excluding carboxylic acids is 1. The lowest BCUT2D eigenvalue weighted by molar-refractivity contribution is -0.385. The number of nitro benzene ring substituents is 1. The highest BCUT2D eigenvalue weighted by Crippen LogP contribution is 2.44. The predicted molar refractivity (Wildman–Crippen MR) is 80.4 cm³/mol. The molecule has 2 heterocycles. The van der Waals surface area contributed by atoms with Gasteiger partial charge in [-0.15, -0.1) is 0 Å². The van der Waals surface area contributed by atoms with Crippen LogP contribution in [0.15, 0.2) is 23.2 Å². The molecule has 10 nitrogen and oxygen atoms in total. The maximum Gasteiger partial charge on any atom is 0.411 e. The molecule has 0 radical (unpaired) electrons. The second kappa shape index (κ2) is 5.77. The number of ether oxygens (including phenoxy) is 1. The summed E-state index contributed by atoms with van der Waals surface area (Å²) in [5.41, 5.74) is -2.13. The van der Waals surface area contributed by atoms with Crippen LogP contribution in [-0.4, -0.2) is 53.2 Å². The van der Waals surface area contributed by atoms with Gasteiger partial charge in [0.05, 0.1) is 24.1 Å².